The van der Waals surface area contributed by atoms with Gasteiger partial charge in [0, 0.05) is 17.0 Å². The van der Waals surface area contributed by atoms with Crippen molar-refractivity contribution in [1.29, 1.82) is 0 Å². The molecule has 1 N–H and O–H groups in total. The molecule has 2 heteroatoms. The van der Waals surface area contributed by atoms with Crippen molar-refractivity contribution in [3.05, 3.63) is 22.4 Å². The summed E-state index contributed by atoms with van der Waals surface area (Å²) in [7, 11) is 0. The van der Waals surface area contributed by atoms with Gasteiger partial charge in [0.05, 0.1) is 0 Å². The van der Waals surface area contributed by atoms with E-state index in [9.17, 15) is 0 Å². The van der Waals surface area contributed by atoms with E-state index < -0.39 is 0 Å². The maximum absolute atomic E-state index is 3.89. The van der Waals surface area contributed by atoms with Crippen molar-refractivity contribution in [3.8, 4) is 0 Å². The van der Waals surface area contributed by atoms with Gasteiger partial charge < -0.3 is 5.32 Å². The molecule has 1 fully saturated rings. The van der Waals surface area contributed by atoms with E-state index in [4.69, 9.17) is 0 Å². The Morgan fingerprint density at radius 2 is 1.95 bits per heavy atom. The van der Waals surface area contributed by atoms with Crippen molar-refractivity contribution in [2.75, 3.05) is 0 Å². The van der Waals surface area contributed by atoms with Crippen LogP contribution in [0.1, 0.15) is 70.7 Å². The molecule has 1 atom stereocenters. The third kappa shape index (κ3) is 4.06. The molecule has 0 saturated heterocycles. The number of thiophene rings is 1. The topological polar surface area (TPSA) is 12.0 Å². The lowest BCUT2D eigenvalue weighted by molar-refractivity contribution is 0.156. The van der Waals surface area contributed by atoms with E-state index in [0.717, 1.165) is 12.0 Å². The zero-order valence-electron chi connectivity index (χ0n) is 12.9. The van der Waals surface area contributed by atoms with E-state index in [1.165, 1.54) is 37.0 Å². The molecule has 1 aliphatic rings. The minimum atomic E-state index is 0.489. The smallest absolute Gasteiger partial charge is 0.0414 e. The lowest BCUT2D eigenvalue weighted by Crippen LogP contribution is -2.37. The molecule has 0 amide bonds. The van der Waals surface area contributed by atoms with Crippen LogP contribution in [0, 0.1) is 11.3 Å². The zero-order valence-corrected chi connectivity index (χ0v) is 13.7. The molecule has 108 valence electrons. The highest BCUT2D eigenvalue weighted by molar-refractivity contribution is 7.10. The van der Waals surface area contributed by atoms with Gasteiger partial charge in [-0.15, -0.1) is 11.3 Å². The molecule has 1 aliphatic carbocycles. The summed E-state index contributed by atoms with van der Waals surface area (Å²) in [5.74, 6) is 0.910. The maximum Gasteiger partial charge on any atom is 0.0414 e. The minimum absolute atomic E-state index is 0.489. The average molecular weight is 279 g/mol. The van der Waals surface area contributed by atoms with E-state index >= 15 is 0 Å². The summed E-state index contributed by atoms with van der Waals surface area (Å²) in [5.41, 5.74) is 0.489. The van der Waals surface area contributed by atoms with Crippen LogP contribution in [0.5, 0.6) is 0 Å². The third-order valence-corrected chi connectivity index (χ3v) is 5.67. The molecule has 1 nitrogen and oxygen atoms in total. The van der Waals surface area contributed by atoms with E-state index in [-0.39, 0.29) is 0 Å². The lowest BCUT2D eigenvalue weighted by Gasteiger charge is -2.38. The van der Waals surface area contributed by atoms with E-state index in [0.29, 0.717) is 11.5 Å². The van der Waals surface area contributed by atoms with E-state index in [1.807, 2.05) is 11.3 Å². The van der Waals surface area contributed by atoms with Crippen molar-refractivity contribution >= 4 is 11.3 Å². The molecule has 1 aromatic rings. The number of rotatable bonds is 4. The SMILES string of the molecule is CCC(NC1CCC(C(C)(C)C)CC1)c1cccs1. The lowest BCUT2D eigenvalue weighted by atomic mass is 9.71. The van der Waals surface area contributed by atoms with Crippen LogP contribution in [0.2, 0.25) is 0 Å². The second-order valence-corrected chi connectivity index (χ2v) is 8.04. The first-order chi connectivity index (χ1) is 9.00. The van der Waals surface area contributed by atoms with Crippen LogP contribution in [0.3, 0.4) is 0 Å². The van der Waals surface area contributed by atoms with Crippen molar-refractivity contribution in [2.45, 2.75) is 71.9 Å². The van der Waals surface area contributed by atoms with Gasteiger partial charge in [-0.1, -0.05) is 33.8 Å². The monoisotopic (exact) mass is 279 g/mol. The molecule has 1 saturated carbocycles. The molecule has 0 bridgehead atoms. The Hall–Kier alpha value is -0.340. The molecule has 19 heavy (non-hydrogen) atoms. The van der Waals surface area contributed by atoms with E-state index in [2.05, 4.69) is 50.5 Å². The molecule has 0 aromatic carbocycles. The van der Waals surface area contributed by atoms with Gasteiger partial charge >= 0.3 is 0 Å². The van der Waals surface area contributed by atoms with Crippen LogP contribution in [0.4, 0.5) is 0 Å². The molecule has 0 radical (unpaired) electrons. The fraction of sp³-hybridized carbons (Fsp3) is 0.765. The minimum Gasteiger partial charge on any atom is -0.306 e. The van der Waals surface area contributed by atoms with Crippen LogP contribution in [0.15, 0.2) is 17.5 Å². The van der Waals surface area contributed by atoms with Crippen molar-refractivity contribution in [2.24, 2.45) is 11.3 Å². The Morgan fingerprint density at radius 1 is 1.26 bits per heavy atom. The molecule has 2 rings (SSSR count). The summed E-state index contributed by atoms with van der Waals surface area (Å²) >= 11 is 1.89. The van der Waals surface area contributed by atoms with Gasteiger partial charge in [0.25, 0.3) is 0 Å². The summed E-state index contributed by atoms with van der Waals surface area (Å²) < 4.78 is 0. The number of nitrogens with one attached hydrogen (secondary N) is 1. The quantitative estimate of drug-likeness (QED) is 0.778. The highest BCUT2D eigenvalue weighted by Crippen LogP contribution is 2.38. The average Bonchev–Trinajstić information content (AvgIpc) is 2.89. The summed E-state index contributed by atoms with van der Waals surface area (Å²) in [6.07, 6.45) is 6.68. The van der Waals surface area contributed by atoms with E-state index in [1.54, 1.807) is 0 Å². The Balaban J connectivity index is 1.85. The normalized spacial score (nSPS) is 26.3. The Labute approximate surface area is 122 Å². The van der Waals surface area contributed by atoms with Gasteiger partial charge in [-0.25, -0.2) is 0 Å². The van der Waals surface area contributed by atoms with Crippen molar-refractivity contribution < 1.29 is 0 Å². The van der Waals surface area contributed by atoms with Crippen LogP contribution in [0.25, 0.3) is 0 Å². The predicted octanol–water partition coefficient (Wildman–Crippen LogP) is 5.39. The highest BCUT2D eigenvalue weighted by atomic mass is 32.1. The Bertz CT molecular complexity index is 355. The van der Waals surface area contributed by atoms with Crippen molar-refractivity contribution in [1.82, 2.24) is 5.32 Å². The summed E-state index contributed by atoms with van der Waals surface area (Å²) in [6, 6.07) is 5.73. The van der Waals surface area contributed by atoms with Gasteiger partial charge in [0.15, 0.2) is 0 Å². The zero-order chi connectivity index (χ0) is 13.9. The van der Waals surface area contributed by atoms with Gasteiger partial charge in [-0.3, -0.25) is 0 Å². The first-order valence-electron chi connectivity index (χ1n) is 7.80. The van der Waals surface area contributed by atoms with Crippen molar-refractivity contribution in [3.63, 3.8) is 0 Å². The molecular formula is C17H29NS. The number of hydrogen-bond donors (Lipinski definition) is 1. The molecule has 1 unspecified atom stereocenters. The molecule has 1 heterocycles. The first kappa shape index (κ1) is 15.1. The molecule has 0 aliphatic heterocycles. The Kier molecular flexibility index (Phi) is 5.08. The summed E-state index contributed by atoms with van der Waals surface area (Å²) in [6.45, 7) is 9.47. The molecule has 1 aromatic heterocycles. The van der Waals surface area contributed by atoms with Gasteiger partial charge in [-0.2, -0.15) is 0 Å². The summed E-state index contributed by atoms with van der Waals surface area (Å²) in [5, 5.41) is 6.08. The van der Waals surface area contributed by atoms with Gasteiger partial charge in [0.2, 0.25) is 0 Å². The molecular weight excluding hydrogens is 250 g/mol. The first-order valence-corrected chi connectivity index (χ1v) is 8.68. The molecule has 0 spiro atoms. The second-order valence-electron chi connectivity index (χ2n) is 7.06. The highest BCUT2D eigenvalue weighted by Gasteiger charge is 2.30. The van der Waals surface area contributed by atoms with Gasteiger partial charge in [0.1, 0.15) is 0 Å². The summed E-state index contributed by atoms with van der Waals surface area (Å²) in [4.78, 5) is 1.50. The standard InChI is InChI=1S/C17H29NS/c1-5-15(16-7-6-12-19-16)18-14-10-8-13(9-11-14)17(2,3)4/h6-7,12-15,18H,5,8-11H2,1-4H3. The second kappa shape index (κ2) is 6.41. The van der Waals surface area contributed by atoms with Crippen LogP contribution in [-0.4, -0.2) is 6.04 Å². The van der Waals surface area contributed by atoms with Crippen LogP contribution in [-0.2, 0) is 0 Å². The van der Waals surface area contributed by atoms with Crippen LogP contribution >= 0.6 is 11.3 Å². The Morgan fingerprint density at radius 3 is 2.42 bits per heavy atom. The fourth-order valence-electron chi connectivity index (χ4n) is 3.30. The predicted molar refractivity (Wildman–Crippen MR) is 85.7 cm³/mol. The fourth-order valence-corrected chi connectivity index (χ4v) is 4.17. The van der Waals surface area contributed by atoms with Crippen LogP contribution < -0.4 is 5.32 Å². The van der Waals surface area contributed by atoms with Gasteiger partial charge in [-0.05, 0) is 54.9 Å². The maximum atomic E-state index is 3.89. The largest absolute Gasteiger partial charge is 0.306 e. The third-order valence-electron chi connectivity index (χ3n) is 4.68. The number of hydrogen-bond acceptors (Lipinski definition) is 2.